The minimum atomic E-state index is -4.62. The highest BCUT2D eigenvalue weighted by Crippen LogP contribution is 2.44. The molecular formula is C30H30F3N5OS2. The summed E-state index contributed by atoms with van der Waals surface area (Å²) in [5, 5.41) is 12.2. The highest BCUT2D eigenvalue weighted by molar-refractivity contribution is 7.81. The fourth-order valence-electron chi connectivity index (χ4n) is 6.10. The van der Waals surface area contributed by atoms with Gasteiger partial charge < -0.3 is 0 Å². The van der Waals surface area contributed by atoms with Crippen LogP contribution in [0, 0.1) is 23.2 Å². The zero-order valence-corrected chi connectivity index (χ0v) is 24.2. The van der Waals surface area contributed by atoms with Crippen molar-refractivity contribution in [3.8, 4) is 11.8 Å². The Morgan fingerprint density at radius 3 is 2.68 bits per heavy atom. The minimum Gasteiger partial charge on any atom is -0.299 e. The van der Waals surface area contributed by atoms with Crippen LogP contribution < -0.4 is 5.69 Å². The summed E-state index contributed by atoms with van der Waals surface area (Å²) in [6.45, 7) is 3.92. The van der Waals surface area contributed by atoms with Crippen LogP contribution in [-0.2, 0) is 12.7 Å². The van der Waals surface area contributed by atoms with Crippen LogP contribution in [-0.4, -0.2) is 37.2 Å². The highest BCUT2D eigenvalue weighted by atomic mass is 32.1. The summed E-state index contributed by atoms with van der Waals surface area (Å²) in [7, 11) is 0. The third-order valence-electron chi connectivity index (χ3n) is 8.51. The number of piperidine rings is 1. The number of halogens is 3. The molecule has 214 valence electrons. The number of fused-ring (bicyclic) bond motifs is 1. The number of thiazole rings is 1. The van der Waals surface area contributed by atoms with E-state index in [1.54, 1.807) is 17.6 Å². The SMILES string of the molecule is C[C@@H]1CN(Cc2cc(C(F)(F)F)c3cn(-c4cccc(C(c5nc(C#N)cs5)C5CCC5)c4)c(=O)n3c2)CCC1S. The van der Waals surface area contributed by atoms with Crippen LogP contribution in [0.3, 0.4) is 0 Å². The van der Waals surface area contributed by atoms with Crippen molar-refractivity contribution in [1.29, 1.82) is 5.26 Å². The van der Waals surface area contributed by atoms with E-state index >= 15 is 0 Å². The molecule has 41 heavy (non-hydrogen) atoms. The molecule has 1 aliphatic carbocycles. The first kappa shape index (κ1) is 28.1. The number of pyridine rings is 1. The molecule has 11 heteroatoms. The Morgan fingerprint density at radius 2 is 2.02 bits per heavy atom. The molecule has 3 aromatic heterocycles. The van der Waals surface area contributed by atoms with Crippen molar-refractivity contribution in [2.45, 2.75) is 56.5 Å². The second-order valence-corrected chi connectivity index (χ2v) is 12.9. The monoisotopic (exact) mass is 597 g/mol. The van der Waals surface area contributed by atoms with E-state index in [0.29, 0.717) is 35.3 Å². The van der Waals surface area contributed by atoms with Crippen LogP contribution in [0.5, 0.6) is 0 Å². The molecule has 6 nitrogen and oxygen atoms in total. The Bertz CT molecular complexity index is 1680. The lowest BCUT2D eigenvalue weighted by Gasteiger charge is -2.34. The average molecular weight is 598 g/mol. The third kappa shape index (κ3) is 5.45. The number of nitriles is 1. The van der Waals surface area contributed by atoms with Gasteiger partial charge in [0.25, 0.3) is 0 Å². The van der Waals surface area contributed by atoms with Gasteiger partial charge in [-0.15, -0.1) is 11.3 Å². The maximum absolute atomic E-state index is 14.3. The van der Waals surface area contributed by atoms with Crippen molar-refractivity contribution in [2.75, 3.05) is 13.1 Å². The van der Waals surface area contributed by atoms with Crippen LogP contribution in [0.2, 0.25) is 0 Å². The maximum Gasteiger partial charge on any atom is 0.418 e. The van der Waals surface area contributed by atoms with E-state index in [2.05, 4.69) is 35.5 Å². The van der Waals surface area contributed by atoms with E-state index in [1.165, 1.54) is 28.2 Å². The van der Waals surface area contributed by atoms with Crippen molar-refractivity contribution < 1.29 is 13.2 Å². The molecule has 4 heterocycles. The van der Waals surface area contributed by atoms with Crippen LogP contribution >= 0.6 is 24.0 Å². The minimum absolute atomic E-state index is 0.0374. The van der Waals surface area contributed by atoms with Gasteiger partial charge in [0.2, 0.25) is 0 Å². The summed E-state index contributed by atoms with van der Waals surface area (Å²) in [5.74, 6) is 0.653. The molecule has 0 radical (unpaired) electrons. The zero-order valence-electron chi connectivity index (χ0n) is 22.5. The Kier molecular flexibility index (Phi) is 7.51. The summed E-state index contributed by atoms with van der Waals surface area (Å²) in [6.07, 6.45) is 2.27. The smallest absolute Gasteiger partial charge is 0.299 e. The van der Waals surface area contributed by atoms with Crippen molar-refractivity contribution in [1.82, 2.24) is 18.9 Å². The predicted octanol–water partition coefficient (Wildman–Crippen LogP) is 6.51. The predicted molar refractivity (Wildman–Crippen MR) is 156 cm³/mol. The Labute approximate surface area is 245 Å². The van der Waals surface area contributed by atoms with E-state index in [1.807, 2.05) is 18.2 Å². The van der Waals surface area contributed by atoms with Gasteiger partial charge in [-0.25, -0.2) is 9.78 Å². The van der Waals surface area contributed by atoms with Crippen molar-refractivity contribution in [3.05, 3.63) is 86.0 Å². The molecule has 0 bridgehead atoms. The van der Waals surface area contributed by atoms with Crippen LogP contribution in [0.4, 0.5) is 13.2 Å². The maximum atomic E-state index is 14.3. The molecule has 1 saturated heterocycles. The van der Waals surface area contributed by atoms with Gasteiger partial charge in [-0.2, -0.15) is 31.1 Å². The summed E-state index contributed by atoms with van der Waals surface area (Å²) in [6, 6.07) is 10.7. The number of benzene rings is 1. The third-order valence-corrected chi connectivity index (χ3v) is 10.2. The van der Waals surface area contributed by atoms with Gasteiger partial charge in [-0.05, 0) is 67.0 Å². The first-order valence-corrected chi connectivity index (χ1v) is 15.2. The second kappa shape index (κ2) is 11.0. The molecule has 3 atom stereocenters. The first-order valence-electron chi connectivity index (χ1n) is 13.8. The molecule has 0 amide bonds. The molecule has 6 rings (SSSR count). The molecule has 0 N–H and O–H groups in total. The normalized spacial score (nSPS) is 21.1. The largest absolute Gasteiger partial charge is 0.418 e. The molecule has 2 unspecified atom stereocenters. The number of thiol groups is 1. The fourth-order valence-corrected chi connectivity index (χ4v) is 7.28. The summed E-state index contributed by atoms with van der Waals surface area (Å²) in [4.78, 5) is 20.3. The number of imidazole rings is 1. The number of likely N-dealkylation sites (tertiary alicyclic amines) is 1. The number of hydrogen-bond acceptors (Lipinski definition) is 6. The van der Waals surface area contributed by atoms with Gasteiger partial charge in [0.15, 0.2) is 5.69 Å². The fraction of sp³-hybridized carbons (Fsp3) is 0.433. The lowest BCUT2D eigenvalue weighted by molar-refractivity contribution is -0.136. The second-order valence-electron chi connectivity index (χ2n) is 11.3. The Morgan fingerprint density at radius 1 is 1.22 bits per heavy atom. The Hall–Kier alpha value is -3.07. The number of alkyl halides is 3. The molecule has 2 fully saturated rings. The van der Waals surface area contributed by atoms with Crippen molar-refractivity contribution >= 4 is 29.5 Å². The summed E-state index contributed by atoms with van der Waals surface area (Å²) in [5.41, 5.74) is 0.717. The number of rotatable bonds is 6. The van der Waals surface area contributed by atoms with Crippen molar-refractivity contribution in [2.24, 2.45) is 11.8 Å². The van der Waals surface area contributed by atoms with E-state index in [9.17, 15) is 23.2 Å². The van der Waals surface area contributed by atoms with E-state index < -0.39 is 17.4 Å². The Balaban J connectivity index is 1.40. The average Bonchev–Trinajstić information content (AvgIpc) is 3.52. The van der Waals surface area contributed by atoms with Gasteiger partial charge >= 0.3 is 11.9 Å². The summed E-state index contributed by atoms with van der Waals surface area (Å²) < 4.78 is 45.3. The van der Waals surface area contributed by atoms with E-state index in [-0.39, 0.29) is 16.7 Å². The van der Waals surface area contributed by atoms with E-state index in [0.717, 1.165) is 53.7 Å². The van der Waals surface area contributed by atoms with Gasteiger partial charge in [0.05, 0.1) is 16.8 Å². The standard InChI is InChI=1S/C30H30F3N5OS2/c1-18-13-36(9-8-26(18)40)14-19-10-24(30(31,32)33)25-16-37(29(39)38(25)15-19)23-7-3-6-21(11-23)27(20-4-2-5-20)28-35-22(12-34)17-41-28/h3,6-7,10-11,15-18,20,26-27,40H,2,4-5,8-9,13-14H2,1H3/t18-,26?,27?/m1/s1. The highest BCUT2D eigenvalue weighted by Gasteiger charge is 2.35. The molecule has 1 aromatic carbocycles. The lowest BCUT2D eigenvalue weighted by atomic mass is 9.73. The van der Waals surface area contributed by atoms with Gasteiger partial charge in [-0.1, -0.05) is 25.5 Å². The summed E-state index contributed by atoms with van der Waals surface area (Å²) >= 11 is 6.05. The number of hydrogen-bond donors (Lipinski definition) is 1. The quantitative estimate of drug-likeness (QED) is 0.258. The topological polar surface area (TPSA) is 66.3 Å². The zero-order chi connectivity index (χ0) is 28.9. The lowest BCUT2D eigenvalue weighted by Crippen LogP contribution is -2.39. The number of nitrogens with zero attached hydrogens (tertiary/aromatic N) is 5. The molecular weight excluding hydrogens is 567 g/mol. The molecule has 0 spiro atoms. The van der Waals surface area contributed by atoms with Gasteiger partial charge in [0.1, 0.15) is 11.1 Å². The number of aromatic nitrogens is 3. The molecule has 4 aromatic rings. The van der Waals surface area contributed by atoms with Crippen molar-refractivity contribution in [3.63, 3.8) is 0 Å². The van der Waals surface area contributed by atoms with Crippen LogP contribution in [0.1, 0.15) is 65.9 Å². The van der Waals surface area contributed by atoms with Crippen LogP contribution in [0.15, 0.2) is 52.9 Å². The van der Waals surface area contributed by atoms with E-state index in [4.69, 9.17) is 0 Å². The van der Waals surface area contributed by atoms with Crippen LogP contribution in [0.25, 0.3) is 11.2 Å². The van der Waals surface area contributed by atoms with Gasteiger partial charge in [-0.3, -0.25) is 13.9 Å². The molecule has 1 saturated carbocycles. The first-order chi connectivity index (χ1) is 19.6. The van der Waals surface area contributed by atoms with Gasteiger partial charge in [0, 0.05) is 42.0 Å². The molecule has 1 aliphatic heterocycles. The molecule has 2 aliphatic rings.